The number of hydrogen-bond acceptors (Lipinski definition) is 3. The van der Waals surface area contributed by atoms with Crippen LogP contribution in [0.15, 0.2) is 0 Å². The van der Waals surface area contributed by atoms with E-state index in [-0.39, 0.29) is 24.2 Å². The van der Waals surface area contributed by atoms with Gasteiger partial charge in [-0.3, -0.25) is 15.0 Å². The van der Waals surface area contributed by atoms with E-state index in [4.69, 9.17) is 11.6 Å². The number of imide groups is 1. The van der Waals surface area contributed by atoms with Crippen LogP contribution in [0, 0.1) is 0 Å². The molecule has 1 saturated carbocycles. The average Bonchev–Trinajstić information content (AvgIpc) is 3.01. The SMILES string of the molecule is O=C(CCCl)NC(=O)NC1CCN(C2CC2)C1. The lowest BCUT2D eigenvalue weighted by molar-refractivity contribution is -0.119. The Morgan fingerprint density at radius 2 is 2.06 bits per heavy atom. The minimum atomic E-state index is -0.400. The van der Waals surface area contributed by atoms with Gasteiger partial charge in [-0.25, -0.2) is 4.79 Å². The molecule has 2 fully saturated rings. The molecule has 2 aliphatic rings. The Bertz CT molecular complexity index is 307. The maximum Gasteiger partial charge on any atom is 0.321 e. The van der Waals surface area contributed by atoms with Crippen LogP contribution < -0.4 is 10.6 Å². The van der Waals surface area contributed by atoms with Crippen molar-refractivity contribution < 1.29 is 9.59 Å². The highest BCUT2D eigenvalue weighted by Crippen LogP contribution is 2.29. The summed E-state index contributed by atoms with van der Waals surface area (Å²) >= 11 is 5.41. The molecule has 0 aromatic heterocycles. The maximum atomic E-state index is 11.5. The van der Waals surface area contributed by atoms with E-state index in [0.717, 1.165) is 25.6 Å². The highest BCUT2D eigenvalue weighted by molar-refractivity contribution is 6.19. The predicted octanol–water partition coefficient (Wildman–Crippen LogP) is 0.678. The van der Waals surface area contributed by atoms with Crippen molar-refractivity contribution >= 4 is 23.5 Å². The summed E-state index contributed by atoms with van der Waals surface area (Å²) in [4.78, 5) is 25.0. The molecule has 96 valence electrons. The second-order valence-electron chi connectivity index (χ2n) is 4.67. The second kappa shape index (κ2) is 5.69. The second-order valence-corrected chi connectivity index (χ2v) is 5.05. The van der Waals surface area contributed by atoms with Crippen LogP contribution in [0.2, 0.25) is 0 Å². The number of urea groups is 1. The summed E-state index contributed by atoms with van der Waals surface area (Å²) in [6.45, 7) is 1.95. The molecule has 1 atom stereocenters. The Labute approximate surface area is 106 Å². The predicted molar refractivity (Wildman–Crippen MR) is 65.0 cm³/mol. The highest BCUT2D eigenvalue weighted by Gasteiger charge is 2.34. The number of nitrogens with one attached hydrogen (secondary N) is 2. The molecular formula is C11H18ClN3O2. The van der Waals surface area contributed by atoms with E-state index in [1.807, 2.05) is 0 Å². The van der Waals surface area contributed by atoms with Crippen molar-refractivity contribution in [2.24, 2.45) is 0 Å². The third-order valence-corrected chi connectivity index (χ3v) is 3.38. The summed E-state index contributed by atoms with van der Waals surface area (Å²) in [6, 6.07) is 0.505. The fraction of sp³-hybridized carbons (Fsp3) is 0.818. The van der Waals surface area contributed by atoms with Gasteiger partial charge in [0.25, 0.3) is 0 Å². The van der Waals surface area contributed by atoms with Gasteiger partial charge in [-0.1, -0.05) is 0 Å². The van der Waals surface area contributed by atoms with Crippen LogP contribution in [0.4, 0.5) is 4.79 Å². The van der Waals surface area contributed by atoms with Crippen molar-refractivity contribution in [2.45, 2.75) is 37.8 Å². The van der Waals surface area contributed by atoms with Gasteiger partial charge in [0, 0.05) is 37.5 Å². The Kier molecular flexibility index (Phi) is 4.23. The van der Waals surface area contributed by atoms with E-state index in [2.05, 4.69) is 15.5 Å². The normalized spacial score (nSPS) is 24.6. The van der Waals surface area contributed by atoms with Crippen molar-refractivity contribution in [3.63, 3.8) is 0 Å². The molecule has 17 heavy (non-hydrogen) atoms. The summed E-state index contributed by atoms with van der Waals surface area (Å²) in [7, 11) is 0. The number of hydrogen-bond donors (Lipinski definition) is 2. The number of halogens is 1. The van der Waals surface area contributed by atoms with E-state index in [1.54, 1.807) is 0 Å². The zero-order chi connectivity index (χ0) is 12.3. The van der Waals surface area contributed by atoms with Crippen LogP contribution in [0.1, 0.15) is 25.7 Å². The summed E-state index contributed by atoms with van der Waals surface area (Å²) in [5.74, 6) is -0.0904. The molecule has 1 aliphatic heterocycles. The van der Waals surface area contributed by atoms with Gasteiger partial charge in [-0.05, 0) is 19.3 Å². The molecule has 0 bridgehead atoms. The first-order chi connectivity index (χ1) is 8.19. The van der Waals surface area contributed by atoms with Gasteiger partial charge in [-0.15, -0.1) is 11.6 Å². The van der Waals surface area contributed by atoms with Crippen molar-refractivity contribution in [1.82, 2.24) is 15.5 Å². The third-order valence-electron chi connectivity index (χ3n) is 3.19. The minimum Gasteiger partial charge on any atom is -0.334 e. The molecule has 0 aromatic carbocycles. The van der Waals surface area contributed by atoms with Gasteiger partial charge in [0.2, 0.25) is 5.91 Å². The van der Waals surface area contributed by atoms with Crippen molar-refractivity contribution in [2.75, 3.05) is 19.0 Å². The molecule has 0 spiro atoms. The topological polar surface area (TPSA) is 61.4 Å². The van der Waals surface area contributed by atoms with E-state index >= 15 is 0 Å². The summed E-state index contributed by atoms with van der Waals surface area (Å²) in [5, 5.41) is 5.10. The number of amides is 3. The first-order valence-corrected chi connectivity index (χ1v) is 6.63. The van der Waals surface area contributed by atoms with Crippen LogP contribution in [-0.2, 0) is 4.79 Å². The lowest BCUT2D eigenvalue weighted by atomic mass is 10.3. The monoisotopic (exact) mass is 259 g/mol. The van der Waals surface area contributed by atoms with Crippen LogP contribution in [-0.4, -0.2) is 47.9 Å². The average molecular weight is 260 g/mol. The van der Waals surface area contributed by atoms with Gasteiger partial charge < -0.3 is 5.32 Å². The van der Waals surface area contributed by atoms with Crippen LogP contribution >= 0.6 is 11.6 Å². The molecule has 1 saturated heterocycles. The van der Waals surface area contributed by atoms with Crippen LogP contribution in [0.3, 0.4) is 0 Å². The van der Waals surface area contributed by atoms with Gasteiger partial charge >= 0.3 is 6.03 Å². The number of carbonyl (C=O) groups is 2. The number of likely N-dealkylation sites (tertiary alicyclic amines) is 1. The molecule has 1 heterocycles. The molecule has 6 heteroatoms. The maximum absolute atomic E-state index is 11.5. The number of nitrogens with zero attached hydrogens (tertiary/aromatic N) is 1. The fourth-order valence-corrected chi connectivity index (χ4v) is 2.34. The summed E-state index contributed by atoms with van der Waals surface area (Å²) in [5.41, 5.74) is 0. The van der Waals surface area contributed by atoms with E-state index < -0.39 is 6.03 Å². The summed E-state index contributed by atoms with van der Waals surface area (Å²) in [6.07, 6.45) is 3.71. The fourth-order valence-electron chi connectivity index (χ4n) is 2.17. The quantitative estimate of drug-likeness (QED) is 0.730. The van der Waals surface area contributed by atoms with Gasteiger partial charge in [0.15, 0.2) is 0 Å². The van der Waals surface area contributed by atoms with Crippen molar-refractivity contribution in [1.29, 1.82) is 0 Å². The van der Waals surface area contributed by atoms with Gasteiger partial charge in [-0.2, -0.15) is 0 Å². The zero-order valence-electron chi connectivity index (χ0n) is 9.75. The standard InChI is InChI=1S/C11H18ClN3O2/c12-5-3-10(16)14-11(17)13-8-4-6-15(7-8)9-1-2-9/h8-9H,1-7H2,(H2,13,14,16,17). The van der Waals surface area contributed by atoms with Crippen LogP contribution in [0.5, 0.6) is 0 Å². The summed E-state index contributed by atoms with van der Waals surface area (Å²) < 4.78 is 0. The number of alkyl halides is 1. The molecule has 2 N–H and O–H groups in total. The number of rotatable bonds is 4. The van der Waals surface area contributed by atoms with Crippen molar-refractivity contribution in [3.8, 4) is 0 Å². The lowest BCUT2D eigenvalue weighted by Crippen LogP contribution is -2.45. The molecule has 0 radical (unpaired) electrons. The first-order valence-electron chi connectivity index (χ1n) is 6.09. The van der Waals surface area contributed by atoms with Gasteiger partial charge in [0.1, 0.15) is 0 Å². The molecule has 1 aliphatic carbocycles. The Morgan fingerprint density at radius 3 is 2.71 bits per heavy atom. The smallest absolute Gasteiger partial charge is 0.321 e. The lowest BCUT2D eigenvalue weighted by Gasteiger charge is -2.15. The van der Waals surface area contributed by atoms with Gasteiger partial charge in [0.05, 0.1) is 0 Å². The molecule has 2 rings (SSSR count). The Hall–Kier alpha value is -0.810. The molecular weight excluding hydrogens is 242 g/mol. The first kappa shape index (κ1) is 12.6. The Balaban J connectivity index is 1.66. The van der Waals surface area contributed by atoms with Crippen molar-refractivity contribution in [3.05, 3.63) is 0 Å². The van der Waals surface area contributed by atoms with E-state index in [9.17, 15) is 9.59 Å². The molecule has 1 unspecified atom stereocenters. The van der Waals surface area contributed by atoms with E-state index in [0.29, 0.717) is 0 Å². The highest BCUT2D eigenvalue weighted by atomic mass is 35.5. The molecule has 3 amide bonds. The number of carbonyl (C=O) groups excluding carboxylic acids is 2. The minimum absolute atomic E-state index is 0.166. The van der Waals surface area contributed by atoms with Crippen LogP contribution in [0.25, 0.3) is 0 Å². The molecule has 0 aromatic rings. The van der Waals surface area contributed by atoms with E-state index in [1.165, 1.54) is 12.8 Å². The zero-order valence-corrected chi connectivity index (χ0v) is 10.5. The molecule has 5 nitrogen and oxygen atoms in total. The third kappa shape index (κ3) is 3.85. The largest absolute Gasteiger partial charge is 0.334 e. The Morgan fingerprint density at radius 1 is 1.29 bits per heavy atom.